The van der Waals surface area contributed by atoms with Crippen LogP contribution >= 0.6 is 0 Å². The number of nitrogens with zero attached hydrogens (tertiary/aromatic N) is 2. The van der Waals surface area contributed by atoms with E-state index in [0.717, 1.165) is 18.7 Å². The summed E-state index contributed by atoms with van der Waals surface area (Å²) in [6.45, 7) is 5.15. The molecule has 0 aromatic heterocycles. The van der Waals surface area contributed by atoms with Gasteiger partial charge in [0.1, 0.15) is 0 Å². The van der Waals surface area contributed by atoms with Gasteiger partial charge in [0.15, 0.2) is 0 Å². The number of rotatable bonds is 6. The van der Waals surface area contributed by atoms with Crippen molar-refractivity contribution in [2.75, 3.05) is 30.5 Å². The normalized spacial score (nSPS) is 19.5. The van der Waals surface area contributed by atoms with E-state index in [9.17, 15) is 13.2 Å². The van der Waals surface area contributed by atoms with Crippen LogP contribution in [-0.4, -0.2) is 51.4 Å². The molecule has 2 aliphatic rings. The zero-order chi connectivity index (χ0) is 21.1. The number of benzene rings is 2. The molecule has 1 saturated heterocycles. The van der Waals surface area contributed by atoms with E-state index in [0.29, 0.717) is 36.8 Å². The molecule has 1 amide bonds. The predicted molar refractivity (Wildman–Crippen MR) is 118 cm³/mol. The van der Waals surface area contributed by atoms with Crippen molar-refractivity contribution in [1.82, 2.24) is 10.2 Å². The zero-order valence-corrected chi connectivity index (χ0v) is 18.2. The summed E-state index contributed by atoms with van der Waals surface area (Å²) in [6.07, 6.45) is 4.36. The molecule has 6 nitrogen and oxygen atoms in total. The van der Waals surface area contributed by atoms with Crippen LogP contribution in [0.2, 0.25) is 0 Å². The van der Waals surface area contributed by atoms with E-state index in [1.54, 1.807) is 42.5 Å². The minimum Gasteiger partial charge on any atom is -0.351 e. The fourth-order valence-corrected chi connectivity index (χ4v) is 5.88. The minimum atomic E-state index is -3.64. The quantitative estimate of drug-likeness (QED) is 0.769. The number of carbonyl (C=O) groups excluding carboxylic acids is 1. The van der Waals surface area contributed by atoms with E-state index in [1.165, 1.54) is 23.6 Å². The largest absolute Gasteiger partial charge is 0.351 e. The second-order valence-electron chi connectivity index (χ2n) is 8.12. The molecule has 30 heavy (non-hydrogen) atoms. The maximum atomic E-state index is 13.1. The summed E-state index contributed by atoms with van der Waals surface area (Å²) >= 11 is 0. The van der Waals surface area contributed by atoms with Crippen molar-refractivity contribution in [2.24, 2.45) is 0 Å². The van der Waals surface area contributed by atoms with Gasteiger partial charge < -0.3 is 5.32 Å². The summed E-state index contributed by atoms with van der Waals surface area (Å²) in [4.78, 5) is 15.4. The molecular weight excluding hydrogens is 398 g/mol. The molecule has 1 atom stereocenters. The molecule has 1 N–H and O–H groups in total. The number of piperidine rings is 1. The van der Waals surface area contributed by atoms with Crippen molar-refractivity contribution in [3.8, 4) is 0 Å². The van der Waals surface area contributed by atoms with Crippen molar-refractivity contribution in [2.45, 2.75) is 43.5 Å². The monoisotopic (exact) mass is 427 g/mol. The van der Waals surface area contributed by atoms with Crippen LogP contribution in [0.4, 0.5) is 5.69 Å². The van der Waals surface area contributed by atoms with E-state index in [2.05, 4.69) is 17.1 Å². The Labute approximate surface area is 178 Å². The second-order valence-corrected chi connectivity index (χ2v) is 9.98. The summed E-state index contributed by atoms with van der Waals surface area (Å²) < 4.78 is 27.6. The standard InChI is InChI=1S/C23H29N3O3S/c1-18-7-5-6-14-25(18)16-13-24-23(27)20-11-10-19-12-15-26(22(19)17-20)30(28,29)21-8-3-2-4-9-21/h2-4,8-11,17-18H,5-7,12-16H2,1H3,(H,24,27)/t18-/m0/s1. The van der Waals surface area contributed by atoms with E-state index in [4.69, 9.17) is 0 Å². The SMILES string of the molecule is C[C@H]1CCCCN1CCNC(=O)c1ccc2c(c1)N(S(=O)(=O)c1ccccc1)CC2. The van der Waals surface area contributed by atoms with Crippen LogP contribution in [0, 0.1) is 0 Å². The molecule has 0 saturated carbocycles. The highest BCUT2D eigenvalue weighted by Crippen LogP contribution is 2.33. The van der Waals surface area contributed by atoms with Crippen molar-refractivity contribution < 1.29 is 13.2 Å². The summed E-state index contributed by atoms with van der Waals surface area (Å²) in [7, 11) is -3.64. The molecule has 2 aromatic rings. The molecular formula is C23H29N3O3S. The van der Waals surface area contributed by atoms with E-state index in [1.807, 2.05) is 6.07 Å². The van der Waals surface area contributed by atoms with Gasteiger partial charge in [-0.15, -0.1) is 0 Å². The maximum Gasteiger partial charge on any atom is 0.264 e. The van der Waals surface area contributed by atoms with E-state index in [-0.39, 0.29) is 10.8 Å². The van der Waals surface area contributed by atoms with Crippen LogP contribution in [0.5, 0.6) is 0 Å². The van der Waals surface area contributed by atoms with Gasteiger partial charge in [-0.2, -0.15) is 0 Å². The van der Waals surface area contributed by atoms with Crippen molar-refractivity contribution in [3.63, 3.8) is 0 Å². The van der Waals surface area contributed by atoms with Gasteiger partial charge >= 0.3 is 0 Å². The summed E-state index contributed by atoms with van der Waals surface area (Å²) in [6, 6.07) is 14.4. The van der Waals surface area contributed by atoms with Crippen LogP contribution in [0.3, 0.4) is 0 Å². The fourth-order valence-electron chi connectivity index (χ4n) is 4.37. The Hall–Kier alpha value is -2.38. The van der Waals surface area contributed by atoms with Crippen LogP contribution in [-0.2, 0) is 16.4 Å². The molecule has 0 radical (unpaired) electrons. The molecule has 160 valence electrons. The number of fused-ring (bicyclic) bond motifs is 1. The molecule has 1 fully saturated rings. The Morgan fingerprint density at radius 2 is 1.90 bits per heavy atom. The second kappa shape index (κ2) is 8.78. The lowest BCUT2D eigenvalue weighted by Crippen LogP contribution is -2.42. The summed E-state index contributed by atoms with van der Waals surface area (Å²) in [5, 5.41) is 2.99. The van der Waals surface area contributed by atoms with Crippen LogP contribution in [0.15, 0.2) is 53.4 Å². The van der Waals surface area contributed by atoms with Gasteiger partial charge in [-0.1, -0.05) is 30.7 Å². The van der Waals surface area contributed by atoms with Crippen LogP contribution in [0.25, 0.3) is 0 Å². The van der Waals surface area contributed by atoms with Gasteiger partial charge in [-0.05, 0) is 62.6 Å². The Bertz CT molecular complexity index is 1010. The third kappa shape index (κ3) is 4.23. The zero-order valence-electron chi connectivity index (χ0n) is 17.4. The van der Waals surface area contributed by atoms with Crippen molar-refractivity contribution >= 4 is 21.6 Å². The first kappa shape index (κ1) is 20.9. The number of hydrogen-bond donors (Lipinski definition) is 1. The van der Waals surface area contributed by atoms with E-state index >= 15 is 0 Å². The number of carbonyl (C=O) groups is 1. The fraction of sp³-hybridized carbons (Fsp3) is 0.435. The molecule has 4 rings (SSSR count). The first-order chi connectivity index (χ1) is 14.5. The lowest BCUT2D eigenvalue weighted by molar-refractivity contribution is 0.0938. The van der Waals surface area contributed by atoms with E-state index < -0.39 is 10.0 Å². The van der Waals surface area contributed by atoms with Gasteiger partial charge in [-0.3, -0.25) is 14.0 Å². The molecule has 0 aliphatic carbocycles. The Morgan fingerprint density at radius 3 is 2.67 bits per heavy atom. The molecule has 2 heterocycles. The average molecular weight is 428 g/mol. The molecule has 0 spiro atoms. The number of sulfonamides is 1. The number of hydrogen-bond acceptors (Lipinski definition) is 4. The topological polar surface area (TPSA) is 69.7 Å². The van der Waals surface area contributed by atoms with Crippen LogP contribution < -0.4 is 9.62 Å². The maximum absolute atomic E-state index is 13.1. The predicted octanol–water partition coefficient (Wildman–Crippen LogP) is 3.04. The Morgan fingerprint density at radius 1 is 1.10 bits per heavy atom. The molecule has 0 unspecified atom stereocenters. The van der Waals surface area contributed by atoms with Crippen molar-refractivity contribution in [1.29, 1.82) is 0 Å². The highest BCUT2D eigenvalue weighted by atomic mass is 32.2. The number of anilines is 1. The van der Waals surface area contributed by atoms with Crippen LogP contribution in [0.1, 0.15) is 42.1 Å². The first-order valence-electron chi connectivity index (χ1n) is 10.7. The number of likely N-dealkylation sites (tertiary alicyclic amines) is 1. The smallest absolute Gasteiger partial charge is 0.264 e. The summed E-state index contributed by atoms with van der Waals surface area (Å²) in [5.74, 6) is -0.161. The summed E-state index contributed by atoms with van der Waals surface area (Å²) in [5.41, 5.74) is 2.06. The molecule has 7 heteroatoms. The molecule has 2 aromatic carbocycles. The van der Waals surface area contributed by atoms with Gasteiger partial charge in [-0.25, -0.2) is 8.42 Å². The number of nitrogens with one attached hydrogen (secondary N) is 1. The lowest BCUT2D eigenvalue weighted by Gasteiger charge is -2.33. The van der Waals surface area contributed by atoms with Crippen molar-refractivity contribution in [3.05, 3.63) is 59.7 Å². The van der Waals surface area contributed by atoms with Gasteiger partial charge in [0.25, 0.3) is 15.9 Å². The molecule has 2 aliphatic heterocycles. The van der Waals surface area contributed by atoms with Gasteiger partial charge in [0, 0.05) is 31.2 Å². The minimum absolute atomic E-state index is 0.161. The first-order valence-corrected chi connectivity index (χ1v) is 12.1. The highest BCUT2D eigenvalue weighted by molar-refractivity contribution is 7.92. The Balaban J connectivity index is 1.45. The average Bonchev–Trinajstić information content (AvgIpc) is 3.20. The van der Waals surface area contributed by atoms with Gasteiger partial charge in [0.05, 0.1) is 10.6 Å². The third-order valence-electron chi connectivity index (χ3n) is 6.16. The Kier molecular flexibility index (Phi) is 6.11. The van der Waals surface area contributed by atoms with Gasteiger partial charge in [0.2, 0.25) is 0 Å². The highest BCUT2D eigenvalue weighted by Gasteiger charge is 2.31. The third-order valence-corrected chi connectivity index (χ3v) is 7.98. The number of amides is 1. The lowest BCUT2D eigenvalue weighted by atomic mass is 10.0. The molecule has 0 bridgehead atoms.